The van der Waals surface area contributed by atoms with Crippen LogP contribution in [0, 0.1) is 12.7 Å². The van der Waals surface area contributed by atoms with Gasteiger partial charge in [-0.05, 0) is 43.3 Å². The van der Waals surface area contributed by atoms with Gasteiger partial charge in [0.15, 0.2) is 5.13 Å². The highest BCUT2D eigenvalue weighted by Gasteiger charge is 2.05. The van der Waals surface area contributed by atoms with Crippen LogP contribution in [-0.4, -0.2) is 9.97 Å². The lowest BCUT2D eigenvalue weighted by Crippen LogP contribution is -1.90. The summed E-state index contributed by atoms with van der Waals surface area (Å²) in [5.41, 5.74) is 3.66. The Morgan fingerprint density at radius 2 is 1.90 bits per heavy atom. The monoisotopic (exact) mass is 285 g/mol. The SMILES string of the molecule is Cc1ccc(-c2csc(Nc3ccc(F)cc3)n2)cn1. The van der Waals surface area contributed by atoms with Crippen molar-refractivity contribution in [3.63, 3.8) is 0 Å². The fourth-order valence-corrected chi connectivity index (χ4v) is 2.48. The zero-order valence-electron chi connectivity index (χ0n) is 10.8. The number of nitrogens with one attached hydrogen (secondary N) is 1. The molecule has 0 spiro atoms. The number of aryl methyl sites for hydroxylation is 1. The Morgan fingerprint density at radius 3 is 2.60 bits per heavy atom. The van der Waals surface area contributed by atoms with Crippen LogP contribution in [0.15, 0.2) is 48.0 Å². The first-order valence-corrected chi connectivity index (χ1v) is 7.00. The van der Waals surface area contributed by atoms with Crippen LogP contribution in [0.1, 0.15) is 5.69 Å². The molecular formula is C15H12FN3S. The maximum absolute atomic E-state index is 12.8. The van der Waals surface area contributed by atoms with Gasteiger partial charge in [0, 0.05) is 28.5 Å². The van der Waals surface area contributed by atoms with Crippen LogP contribution in [-0.2, 0) is 0 Å². The number of thiazole rings is 1. The zero-order chi connectivity index (χ0) is 13.9. The van der Waals surface area contributed by atoms with Gasteiger partial charge in [0.25, 0.3) is 0 Å². The fourth-order valence-electron chi connectivity index (χ4n) is 1.74. The van der Waals surface area contributed by atoms with Crippen molar-refractivity contribution in [2.75, 3.05) is 5.32 Å². The summed E-state index contributed by atoms with van der Waals surface area (Å²) in [4.78, 5) is 8.76. The standard InChI is InChI=1S/C15H12FN3S/c1-10-2-3-11(8-17-10)14-9-20-15(19-14)18-13-6-4-12(16)5-7-13/h2-9H,1H3,(H,18,19). The lowest BCUT2D eigenvalue weighted by atomic mass is 10.2. The van der Waals surface area contributed by atoms with Gasteiger partial charge in [-0.2, -0.15) is 0 Å². The van der Waals surface area contributed by atoms with E-state index in [9.17, 15) is 4.39 Å². The molecule has 0 unspecified atom stereocenters. The Morgan fingerprint density at radius 1 is 1.10 bits per heavy atom. The van der Waals surface area contributed by atoms with E-state index < -0.39 is 0 Å². The lowest BCUT2D eigenvalue weighted by Gasteiger charge is -2.01. The van der Waals surface area contributed by atoms with Gasteiger partial charge < -0.3 is 5.32 Å². The van der Waals surface area contributed by atoms with Crippen LogP contribution in [0.25, 0.3) is 11.3 Å². The van der Waals surface area contributed by atoms with E-state index in [0.717, 1.165) is 27.8 Å². The van der Waals surface area contributed by atoms with Crippen molar-refractivity contribution < 1.29 is 4.39 Å². The molecular weight excluding hydrogens is 273 g/mol. The van der Waals surface area contributed by atoms with Gasteiger partial charge in [-0.1, -0.05) is 0 Å². The van der Waals surface area contributed by atoms with Gasteiger partial charge >= 0.3 is 0 Å². The third-order valence-corrected chi connectivity index (χ3v) is 3.56. The Labute approximate surface area is 120 Å². The molecule has 3 aromatic rings. The molecule has 1 aromatic carbocycles. The van der Waals surface area contributed by atoms with Crippen LogP contribution in [0.2, 0.25) is 0 Å². The first-order chi connectivity index (χ1) is 9.70. The van der Waals surface area contributed by atoms with Crippen molar-refractivity contribution in [1.82, 2.24) is 9.97 Å². The first kappa shape index (κ1) is 12.7. The number of benzene rings is 1. The van der Waals surface area contributed by atoms with E-state index in [1.165, 1.54) is 23.5 Å². The van der Waals surface area contributed by atoms with E-state index in [2.05, 4.69) is 15.3 Å². The van der Waals surface area contributed by atoms with Crippen LogP contribution < -0.4 is 5.32 Å². The Kier molecular flexibility index (Phi) is 3.43. The van der Waals surface area contributed by atoms with Crippen LogP contribution in [0.3, 0.4) is 0 Å². The maximum Gasteiger partial charge on any atom is 0.187 e. The van der Waals surface area contributed by atoms with E-state index in [1.807, 2.05) is 30.6 Å². The number of aromatic nitrogens is 2. The van der Waals surface area contributed by atoms with Crippen LogP contribution >= 0.6 is 11.3 Å². The molecule has 0 saturated carbocycles. The van der Waals surface area contributed by atoms with Gasteiger partial charge in [0.1, 0.15) is 5.82 Å². The van der Waals surface area contributed by atoms with Gasteiger partial charge in [-0.25, -0.2) is 9.37 Å². The van der Waals surface area contributed by atoms with E-state index in [4.69, 9.17) is 0 Å². The topological polar surface area (TPSA) is 37.8 Å². The quantitative estimate of drug-likeness (QED) is 0.775. The van der Waals surface area contributed by atoms with E-state index >= 15 is 0 Å². The lowest BCUT2D eigenvalue weighted by molar-refractivity contribution is 0.628. The molecule has 3 rings (SSSR count). The van der Waals surface area contributed by atoms with Gasteiger partial charge in [0.05, 0.1) is 5.69 Å². The predicted octanol–water partition coefficient (Wildman–Crippen LogP) is 4.40. The maximum atomic E-state index is 12.8. The predicted molar refractivity (Wildman–Crippen MR) is 79.8 cm³/mol. The minimum absolute atomic E-state index is 0.249. The average Bonchev–Trinajstić information content (AvgIpc) is 2.91. The fraction of sp³-hybridized carbons (Fsp3) is 0.0667. The average molecular weight is 285 g/mol. The second kappa shape index (κ2) is 5.38. The van der Waals surface area contributed by atoms with Gasteiger partial charge in [-0.15, -0.1) is 11.3 Å². The summed E-state index contributed by atoms with van der Waals surface area (Å²) in [7, 11) is 0. The summed E-state index contributed by atoms with van der Waals surface area (Å²) in [6, 6.07) is 10.2. The molecule has 0 aliphatic heterocycles. The molecule has 0 radical (unpaired) electrons. The summed E-state index contributed by atoms with van der Waals surface area (Å²) in [5.74, 6) is -0.249. The van der Waals surface area contributed by atoms with Gasteiger partial charge in [-0.3, -0.25) is 4.98 Å². The van der Waals surface area contributed by atoms with Gasteiger partial charge in [0.2, 0.25) is 0 Å². The number of hydrogen-bond acceptors (Lipinski definition) is 4. The molecule has 0 atom stereocenters. The largest absolute Gasteiger partial charge is 0.332 e. The molecule has 3 nitrogen and oxygen atoms in total. The molecule has 0 amide bonds. The summed E-state index contributed by atoms with van der Waals surface area (Å²) in [5, 5.41) is 5.89. The molecule has 1 N–H and O–H groups in total. The molecule has 0 aliphatic rings. The highest BCUT2D eigenvalue weighted by Crippen LogP contribution is 2.26. The Balaban J connectivity index is 1.80. The first-order valence-electron chi connectivity index (χ1n) is 6.12. The van der Waals surface area contributed by atoms with Crippen molar-refractivity contribution in [2.45, 2.75) is 6.92 Å². The number of nitrogens with zero attached hydrogens (tertiary/aromatic N) is 2. The smallest absolute Gasteiger partial charge is 0.187 e. The minimum atomic E-state index is -0.249. The molecule has 100 valence electrons. The van der Waals surface area contributed by atoms with E-state index in [-0.39, 0.29) is 5.82 Å². The molecule has 20 heavy (non-hydrogen) atoms. The molecule has 0 fully saturated rings. The zero-order valence-corrected chi connectivity index (χ0v) is 11.6. The molecule has 5 heteroatoms. The van der Waals surface area contributed by atoms with Crippen molar-refractivity contribution in [2.24, 2.45) is 0 Å². The second-order valence-electron chi connectivity index (χ2n) is 4.36. The minimum Gasteiger partial charge on any atom is -0.332 e. The summed E-state index contributed by atoms with van der Waals surface area (Å²) in [6.07, 6.45) is 1.81. The van der Waals surface area contributed by atoms with Crippen molar-refractivity contribution >= 4 is 22.2 Å². The summed E-state index contributed by atoms with van der Waals surface area (Å²) >= 11 is 1.50. The van der Waals surface area contributed by atoms with E-state index in [1.54, 1.807) is 12.1 Å². The van der Waals surface area contributed by atoms with Crippen molar-refractivity contribution in [3.8, 4) is 11.3 Å². The Bertz CT molecular complexity index is 705. The molecule has 0 saturated heterocycles. The molecule has 2 aromatic heterocycles. The molecule has 0 aliphatic carbocycles. The number of anilines is 2. The normalized spacial score (nSPS) is 10.5. The third-order valence-electron chi connectivity index (χ3n) is 2.81. The van der Waals surface area contributed by atoms with E-state index in [0.29, 0.717) is 0 Å². The van der Waals surface area contributed by atoms with Crippen molar-refractivity contribution in [1.29, 1.82) is 0 Å². The second-order valence-corrected chi connectivity index (χ2v) is 5.22. The van der Waals surface area contributed by atoms with Crippen LogP contribution in [0.4, 0.5) is 15.2 Å². The highest BCUT2D eigenvalue weighted by atomic mass is 32.1. The summed E-state index contributed by atoms with van der Waals surface area (Å²) in [6.45, 7) is 1.95. The number of hydrogen-bond donors (Lipinski definition) is 1. The third kappa shape index (κ3) is 2.83. The van der Waals surface area contributed by atoms with Crippen molar-refractivity contribution in [3.05, 3.63) is 59.5 Å². The Hall–Kier alpha value is -2.27. The number of rotatable bonds is 3. The highest BCUT2D eigenvalue weighted by molar-refractivity contribution is 7.14. The number of halogens is 1. The molecule has 0 bridgehead atoms. The molecule has 2 heterocycles. The summed E-state index contributed by atoms with van der Waals surface area (Å²) < 4.78 is 12.8. The number of pyridine rings is 1. The van der Waals surface area contributed by atoms with Crippen LogP contribution in [0.5, 0.6) is 0 Å².